The van der Waals surface area contributed by atoms with E-state index in [1.165, 1.54) is 0 Å². The van der Waals surface area contributed by atoms with Gasteiger partial charge in [0.2, 0.25) is 0 Å². The Balaban J connectivity index is 2.27. The highest BCUT2D eigenvalue weighted by Crippen LogP contribution is 2.35. The van der Waals surface area contributed by atoms with Crippen LogP contribution < -0.4 is 16.0 Å². The van der Waals surface area contributed by atoms with E-state index in [-0.39, 0.29) is 12.1 Å². The SMILES string of the molecule is COc1cc(C(NN)C2CCOC2C)ccc1Cl. The summed E-state index contributed by atoms with van der Waals surface area (Å²) in [6.07, 6.45) is 1.20. The van der Waals surface area contributed by atoms with E-state index in [2.05, 4.69) is 12.3 Å². The number of methoxy groups -OCH3 is 1. The van der Waals surface area contributed by atoms with Gasteiger partial charge in [0.1, 0.15) is 5.75 Å². The normalized spacial score (nSPS) is 25.1. The number of hydrazine groups is 1. The quantitative estimate of drug-likeness (QED) is 0.651. The molecule has 1 saturated heterocycles. The van der Waals surface area contributed by atoms with Crippen LogP contribution in [0.1, 0.15) is 24.9 Å². The first-order valence-corrected chi connectivity index (χ1v) is 6.46. The van der Waals surface area contributed by atoms with Gasteiger partial charge in [0.05, 0.1) is 24.3 Å². The lowest BCUT2D eigenvalue weighted by Gasteiger charge is -2.26. The fourth-order valence-electron chi connectivity index (χ4n) is 2.52. The molecule has 100 valence electrons. The van der Waals surface area contributed by atoms with Crippen LogP contribution in [0.15, 0.2) is 18.2 Å². The maximum absolute atomic E-state index is 6.03. The van der Waals surface area contributed by atoms with Gasteiger partial charge in [-0.15, -0.1) is 0 Å². The highest BCUT2D eigenvalue weighted by Gasteiger charge is 2.32. The minimum absolute atomic E-state index is 0.0497. The number of nitrogens with one attached hydrogen (secondary N) is 1. The molecule has 3 atom stereocenters. The number of ether oxygens (including phenoxy) is 2. The molecule has 1 aliphatic rings. The first-order chi connectivity index (χ1) is 8.67. The van der Waals surface area contributed by atoms with E-state index < -0.39 is 0 Å². The lowest BCUT2D eigenvalue weighted by atomic mass is 9.88. The average Bonchev–Trinajstić information content (AvgIpc) is 2.79. The molecule has 1 aromatic rings. The van der Waals surface area contributed by atoms with Crippen LogP contribution >= 0.6 is 11.6 Å². The first-order valence-electron chi connectivity index (χ1n) is 6.08. The van der Waals surface area contributed by atoms with E-state index in [1.807, 2.05) is 18.2 Å². The van der Waals surface area contributed by atoms with Crippen LogP contribution in [0.2, 0.25) is 5.02 Å². The summed E-state index contributed by atoms with van der Waals surface area (Å²) < 4.78 is 10.8. The molecule has 1 aromatic carbocycles. The maximum atomic E-state index is 6.03. The van der Waals surface area contributed by atoms with Crippen molar-refractivity contribution in [1.82, 2.24) is 5.43 Å². The van der Waals surface area contributed by atoms with Crippen molar-refractivity contribution in [3.63, 3.8) is 0 Å². The van der Waals surface area contributed by atoms with E-state index in [9.17, 15) is 0 Å². The van der Waals surface area contributed by atoms with Crippen LogP contribution in [-0.4, -0.2) is 19.8 Å². The molecule has 5 heteroatoms. The molecule has 4 nitrogen and oxygen atoms in total. The monoisotopic (exact) mass is 270 g/mol. The summed E-state index contributed by atoms with van der Waals surface area (Å²) in [6.45, 7) is 2.86. The summed E-state index contributed by atoms with van der Waals surface area (Å²) >= 11 is 6.03. The van der Waals surface area contributed by atoms with Crippen LogP contribution in [0.25, 0.3) is 0 Å². The largest absolute Gasteiger partial charge is 0.495 e. The molecule has 18 heavy (non-hydrogen) atoms. The molecular formula is C13H19ClN2O2. The molecule has 0 saturated carbocycles. The molecule has 2 rings (SSSR count). The number of nitrogens with two attached hydrogens (primary N) is 1. The summed E-state index contributed by atoms with van der Waals surface area (Å²) in [6, 6.07) is 5.78. The molecule has 0 amide bonds. The second-order valence-corrected chi connectivity index (χ2v) is 4.97. The fourth-order valence-corrected chi connectivity index (χ4v) is 2.72. The zero-order valence-corrected chi connectivity index (χ0v) is 11.4. The van der Waals surface area contributed by atoms with Gasteiger partial charge in [0.25, 0.3) is 0 Å². The van der Waals surface area contributed by atoms with Crippen molar-refractivity contribution in [2.24, 2.45) is 11.8 Å². The van der Waals surface area contributed by atoms with Crippen molar-refractivity contribution >= 4 is 11.6 Å². The third-order valence-electron chi connectivity index (χ3n) is 3.58. The van der Waals surface area contributed by atoms with E-state index in [0.717, 1.165) is 18.6 Å². The van der Waals surface area contributed by atoms with Gasteiger partial charge in [0, 0.05) is 12.5 Å². The lowest BCUT2D eigenvalue weighted by molar-refractivity contribution is 0.0953. The van der Waals surface area contributed by atoms with Gasteiger partial charge in [-0.2, -0.15) is 0 Å². The van der Waals surface area contributed by atoms with E-state index in [1.54, 1.807) is 7.11 Å². The van der Waals surface area contributed by atoms with Gasteiger partial charge >= 0.3 is 0 Å². The Bertz CT molecular complexity index is 414. The van der Waals surface area contributed by atoms with Crippen molar-refractivity contribution in [1.29, 1.82) is 0 Å². The predicted molar refractivity (Wildman–Crippen MR) is 71.6 cm³/mol. The molecule has 1 aliphatic heterocycles. The maximum Gasteiger partial charge on any atom is 0.137 e. The third-order valence-corrected chi connectivity index (χ3v) is 3.89. The average molecular weight is 271 g/mol. The van der Waals surface area contributed by atoms with Crippen LogP contribution in [0.3, 0.4) is 0 Å². The van der Waals surface area contributed by atoms with Crippen molar-refractivity contribution in [3.8, 4) is 5.75 Å². The number of benzene rings is 1. The molecule has 0 bridgehead atoms. The number of hydrogen-bond donors (Lipinski definition) is 2. The molecule has 0 aliphatic carbocycles. The third kappa shape index (κ3) is 2.62. The predicted octanol–water partition coefficient (Wildman–Crippen LogP) is 2.28. The lowest BCUT2D eigenvalue weighted by Crippen LogP contribution is -2.36. The minimum Gasteiger partial charge on any atom is -0.495 e. The molecule has 0 aromatic heterocycles. The molecule has 3 N–H and O–H groups in total. The Morgan fingerprint density at radius 1 is 1.56 bits per heavy atom. The zero-order valence-electron chi connectivity index (χ0n) is 10.7. The Labute approximate surface area is 112 Å². The number of halogens is 1. The number of rotatable bonds is 4. The van der Waals surface area contributed by atoms with Gasteiger partial charge in [-0.3, -0.25) is 11.3 Å². The molecule has 1 fully saturated rings. The smallest absolute Gasteiger partial charge is 0.137 e. The topological polar surface area (TPSA) is 56.5 Å². The van der Waals surface area contributed by atoms with Crippen LogP contribution in [-0.2, 0) is 4.74 Å². The van der Waals surface area contributed by atoms with Gasteiger partial charge < -0.3 is 9.47 Å². The van der Waals surface area contributed by atoms with E-state index >= 15 is 0 Å². The molecule has 0 spiro atoms. The van der Waals surface area contributed by atoms with Gasteiger partial charge in [-0.05, 0) is 31.0 Å². The van der Waals surface area contributed by atoms with Crippen LogP contribution in [0.5, 0.6) is 5.75 Å². The first kappa shape index (κ1) is 13.6. The summed E-state index contributed by atoms with van der Waals surface area (Å²) in [4.78, 5) is 0. The minimum atomic E-state index is 0.0497. The summed E-state index contributed by atoms with van der Waals surface area (Å²) in [5.74, 6) is 6.73. The van der Waals surface area contributed by atoms with Crippen molar-refractivity contribution in [3.05, 3.63) is 28.8 Å². The van der Waals surface area contributed by atoms with Crippen molar-refractivity contribution in [2.75, 3.05) is 13.7 Å². The summed E-state index contributed by atoms with van der Waals surface area (Å²) in [5.41, 5.74) is 3.95. The molecular weight excluding hydrogens is 252 g/mol. The highest BCUT2D eigenvalue weighted by atomic mass is 35.5. The van der Waals surface area contributed by atoms with Crippen molar-refractivity contribution in [2.45, 2.75) is 25.5 Å². The zero-order chi connectivity index (χ0) is 13.1. The summed E-state index contributed by atoms with van der Waals surface area (Å²) in [5, 5.41) is 0.604. The Hall–Kier alpha value is -0.810. The molecule has 1 heterocycles. The fraction of sp³-hybridized carbons (Fsp3) is 0.538. The Morgan fingerprint density at radius 2 is 2.33 bits per heavy atom. The van der Waals surface area contributed by atoms with Crippen LogP contribution in [0.4, 0.5) is 0 Å². The van der Waals surface area contributed by atoms with Gasteiger partial charge in [0.15, 0.2) is 0 Å². The second-order valence-electron chi connectivity index (χ2n) is 4.57. The van der Waals surface area contributed by atoms with Crippen LogP contribution in [0, 0.1) is 5.92 Å². The Morgan fingerprint density at radius 3 is 2.89 bits per heavy atom. The molecule has 0 radical (unpaired) electrons. The Kier molecular flexibility index (Phi) is 4.45. The van der Waals surface area contributed by atoms with E-state index in [4.69, 9.17) is 26.9 Å². The number of hydrogen-bond acceptors (Lipinski definition) is 4. The molecule has 3 unspecified atom stereocenters. The van der Waals surface area contributed by atoms with E-state index in [0.29, 0.717) is 16.7 Å². The highest BCUT2D eigenvalue weighted by molar-refractivity contribution is 6.32. The van der Waals surface area contributed by atoms with Crippen molar-refractivity contribution < 1.29 is 9.47 Å². The second kappa shape index (κ2) is 5.89. The van der Waals surface area contributed by atoms with Gasteiger partial charge in [-0.1, -0.05) is 17.7 Å². The summed E-state index contributed by atoms with van der Waals surface area (Å²) in [7, 11) is 1.61. The standard InChI is InChI=1S/C13H19ClN2O2/c1-8-10(5-6-18-8)13(16-15)9-3-4-11(14)12(7-9)17-2/h3-4,7-8,10,13,16H,5-6,15H2,1-2H3. The van der Waals surface area contributed by atoms with Gasteiger partial charge in [-0.25, -0.2) is 0 Å².